The lowest BCUT2D eigenvalue weighted by Gasteiger charge is -2.36. The maximum atomic E-state index is 11.4. The minimum atomic E-state index is -2.72. The second-order valence-electron chi connectivity index (χ2n) is 5.42. The highest BCUT2D eigenvalue weighted by Gasteiger charge is 2.28. The van der Waals surface area contributed by atoms with E-state index in [2.05, 4.69) is 17.1 Å². The maximum absolute atomic E-state index is 11.4. The van der Waals surface area contributed by atoms with Crippen molar-refractivity contribution in [3.05, 3.63) is 0 Å². The summed E-state index contributed by atoms with van der Waals surface area (Å²) < 4.78 is 22.9. The second kappa shape index (κ2) is 5.67. The van der Waals surface area contributed by atoms with Crippen LogP contribution in [0.15, 0.2) is 0 Å². The summed E-state index contributed by atoms with van der Waals surface area (Å²) >= 11 is 0. The maximum Gasteiger partial charge on any atom is 0.150 e. The first-order chi connectivity index (χ1) is 8.07. The van der Waals surface area contributed by atoms with Crippen LogP contribution in [0.5, 0.6) is 0 Å². The van der Waals surface area contributed by atoms with Crippen LogP contribution in [-0.4, -0.2) is 56.5 Å². The third-order valence-corrected chi connectivity index (χ3v) is 5.72. The van der Waals surface area contributed by atoms with Crippen molar-refractivity contribution in [3.8, 4) is 0 Å². The van der Waals surface area contributed by atoms with E-state index < -0.39 is 9.84 Å². The fourth-order valence-corrected chi connectivity index (χ4v) is 4.28. The standard InChI is InChI=1S/C12H24N2O2S/c1-11-3-8-14(7-2-6-13-11)12-4-9-17(15,16)10-5-12/h11-13H,2-10H2,1H3. The van der Waals surface area contributed by atoms with E-state index in [1.807, 2.05) is 0 Å². The molecule has 0 aromatic heterocycles. The molecule has 2 saturated heterocycles. The summed E-state index contributed by atoms with van der Waals surface area (Å²) in [5, 5.41) is 3.50. The van der Waals surface area contributed by atoms with Gasteiger partial charge in [0.1, 0.15) is 9.84 Å². The van der Waals surface area contributed by atoms with Crippen LogP contribution in [-0.2, 0) is 9.84 Å². The van der Waals surface area contributed by atoms with Gasteiger partial charge in [0, 0.05) is 12.1 Å². The lowest BCUT2D eigenvalue weighted by molar-refractivity contribution is 0.162. The van der Waals surface area contributed by atoms with Gasteiger partial charge in [-0.3, -0.25) is 0 Å². The van der Waals surface area contributed by atoms with Gasteiger partial charge in [-0.05, 0) is 52.2 Å². The molecule has 2 rings (SSSR count). The summed E-state index contributed by atoms with van der Waals surface area (Å²) in [5.74, 6) is 0.782. The number of sulfone groups is 1. The molecule has 0 radical (unpaired) electrons. The van der Waals surface area contributed by atoms with E-state index in [0.29, 0.717) is 23.6 Å². The fraction of sp³-hybridized carbons (Fsp3) is 1.00. The van der Waals surface area contributed by atoms with Crippen LogP contribution >= 0.6 is 0 Å². The van der Waals surface area contributed by atoms with Gasteiger partial charge in [0.2, 0.25) is 0 Å². The minimum Gasteiger partial charge on any atom is -0.314 e. The molecule has 0 aliphatic carbocycles. The first kappa shape index (κ1) is 13.3. The molecule has 0 amide bonds. The largest absolute Gasteiger partial charge is 0.314 e. The molecule has 1 atom stereocenters. The summed E-state index contributed by atoms with van der Waals surface area (Å²) in [4.78, 5) is 2.52. The van der Waals surface area contributed by atoms with Crippen LogP contribution < -0.4 is 5.32 Å². The van der Waals surface area contributed by atoms with Crippen molar-refractivity contribution >= 4 is 9.84 Å². The molecule has 1 unspecified atom stereocenters. The summed E-state index contributed by atoms with van der Waals surface area (Å²) in [6, 6.07) is 1.09. The lowest BCUT2D eigenvalue weighted by atomic mass is 10.1. The van der Waals surface area contributed by atoms with Crippen LogP contribution in [0, 0.1) is 0 Å². The Morgan fingerprint density at radius 2 is 1.82 bits per heavy atom. The van der Waals surface area contributed by atoms with Crippen LogP contribution in [0.25, 0.3) is 0 Å². The van der Waals surface area contributed by atoms with Crippen LogP contribution in [0.3, 0.4) is 0 Å². The Labute approximate surface area is 105 Å². The van der Waals surface area contributed by atoms with Crippen molar-refractivity contribution in [2.45, 2.75) is 44.7 Å². The highest BCUT2D eigenvalue weighted by Crippen LogP contribution is 2.19. The van der Waals surface area contributed by atoms with Gasteiger partial charge in [-0.1, -0.05) is 0 Å². The van der Waals surface area contributed by atoms with E-state index in [1.54, 1.807) is 0 Å². The van der Waals surface area contributed by atoms with Gasteiger partial charge in [-0.15, -0.1) is 0 Å². The Morgan fingerprint density at radius 1 is 1.12 bits per heavy atom. The molecule has 0 aromatic carbocycles. The van der Waals surface area contributed by atoms with E-state index in [0.717, 1.165) is 32.5 Å². The molecule has 0 aromatic rings. The van der Waals surface area contributed by atoms with Crippen LogP contribution in [0.2, 0.25) is 0 Å². The third kappa shape index (κ3) is 3.93. The Balaban J connectivity index is 1.88. The van der Waals surface area contributed by atoms with E-state index >= 15 is 0 Å². The summed E-state index contributed by atoms with van der Waals surface area (Å²) in [5.41, 5.74) is 0. The Bertz CT molecular complexity index is 328. The predicted octanol–water partition coefficient (Wildman–Crippen LogP) is 0.638. The van der Waals surface area contributed by atoms with Crippen molar-refractivity contribution < 1.29 is 8.42 Å². The molecule has 1 N–H and O–H groups in total. The zero-order chi connectivity index (χ0) is 12.3. The van der Waals surface area contributed by atoms with Crippen molar-refractivity contribution in [2.75, 3.05) is 31.1 Å². The average molecular weight is 260 g/mol. The van der Waals surface area contributed by atoms with Gasteiger partial charge in [-0.25, -0.2) is 8.42 Å². The molecule has 17 heavy (non-hydrogen) atoms. The van der Waals surface area contributed by atoms with Crippen molar-refractivity contribution in [1.82, 2.24) is 10.2 Å². The van der Waals surface area contributed by atoms with Crippen molar-refractivity contribution in [3.63, 3.8) is 0 Å². The fourth-order valence-electron chi connectivity index (χ4n) is 2.81. The van der Waals surface area contributed by atoms with E-state index in [9.17, 15) is 8.42 Å². The molecular weight excluding hydrogens is 236 g/mol. The zero-order valence-corrected chi connectivity index (χ0v) is 11.5. The molecule has 2 aliphatic rings. The average Bonchev–Trinajstić information content (AvgIpc) is 2.25. The first-order valence-electron chi connectivity index (χ1n) is 6.75. The molecule has 100 valence electrons. The van der Waals surface area contributed by atoms with Crippen molar-refractivity contribution in [1.29, 1.82) is 0 Å². The number of hydrogen-bond donors (Lipinski definition) is 1. The van der Waals surface area contributed by atoms with Gasteiger partial charge in [0.25, 0.3) is 0 Å². The summed E-state index contributed by atoms with van der Waals surface area (Å²) in [6.07, 6.45) is 4.02. The summed E-state index contributed by atoms with van der Waals surface area (Å²) in [7, 11) is -2.72. The van der Waals surface area contributed by atoms with Gasteiger partial charge < -0.3 is 10.2 Å². The topological polar surface area (TPSA) is 49.4 Å². The SMILES string of the molecule is CC1CCN(C2CCS(=O)(=O)CC2)CCCN1. The molecule has 2 fully saturated rings. The lowest BCUT2D eigenvalue weighted by Crippen LogP contribution is -2.46. The van der Waals surface area contributed by atoms with E-state index in [-0.39, 0.29) is 0 Å². The molecular formula is C12H24N2O2S. The number of hydrogen-bond acceptors (Lipinski definition) is 4. The molecule has 0 spiro atoms. The van der Waals surface area contributed by atoms with Gasteiger partial charge in [0.15, 0.2) is 0 Å². The van der Waals surface area contributed by atoms with Crippen LogP contribution in [0.4, 0.5) is 0 Å². The monoisotopic (exact) mass is 260 g/mol. The first-order valence-corrected chi connectivity index (χ1v) is 8.57. The predicted molar refractivity (Wildman–Crippen MR) is 69.9 cm³/mol. The smallest absolute Gasteiger partial charge is 0.150 e. The highest BCUT2D eigenvalue weighted by molar-refractivity contribution is 7.91. The minimum absolute atomic E-state index is 0.391. The quantitative estimate of drug-likeness (QED) is 0.751. The Morgan fingerprint density at radius 3 is 2.53 bits per heavy atom. The number of nitrogens with zero attached hydrogens (tertiary/aromatic N) is 1. The summed E-state index contributed by atoms with van der Waals surface area (Å²) in [6.45, 7) is 5.54. The third-order valence-electron chi connectivity index (χ3n) is 4.00. The molecule has 2 aliphatic heterocycles. The van der Waals surface area contributed by atoms with Crippen LogP contribution in [0.1, 0.15) is 32.6 Å². The number of nitrogens with one attached hydrogen (secondary N) is 1. The Hall–Kier alpha value is -0.130. The van der Waals surface area contributed by atoms with Crippen molar-refractivity contribution in [2.24, 2.45) is 0 Å². The van der Waals surface area contributed by atoms with E-state index in [4.69, 9.17) is 0 Å². The molecule has 0 saturated carbocycles. The number of rotatable bonds is 1. The molecule has 4 nitrogen and oxygen atoms in total. The highest BCUT2D eigenvalue weighted by atomic mass is 32.2. The molecule has 5 heteroatoms. The normalized spacial score (nSPS) is 32.9. The zero-order valence-electron chi connectivity index (χ0n) is 10.7. The van der Waals surface area contributed by atoms with Gasteiger partial charge >= 0.3 is 0 Å². The molecule has 0 bridgehead atoms. The Kier molecular flexibility index (Phi) is 4.44. The van der Waals surface area contributed by atoms with Gasteiger partial charge in [0.05, 0.1) is 11.5 Å². The second-order valence-corrected chi connectivity index (χ2v) is 7.72. The van der Waals surface area contributed by atoms with Gasteiger partial charge in [-0.2, -0.15) is 0 Å². The molecule has 2 heterocycles. The van der Waals surface area contributed by atoms with E-state index in [1.165, 1.54) is 12.8 Å².